The summed E-state index contributed by atoms with van der Waals surface area (Å²) >= 11 is 0. The Kier molecular flexibility index (Phi) is 16.5. The molecule has 1 fully saturated rings. The van der Waals surface area contributed by atoms with Crippen molar-refractivity contribution in [1.29, 1.82) is 0 Å². The molecular weight excluding hydrogens is 837 g/mol. The zero-order chi connectivity index (χ0) is 47.3. The molecular formula is C55H56O11. The molecule has 0 radical (unpaired) electrons. The van der Waals surface area contributed by atoms with E-state index in [0.717, 1.165) is 41.7 Å². The van der Waals surface area contributed by atoms with Gasteiger partial charge in [-0.25, -0.2) is 24.0 Å². The van der Waals surface area contributed by atoms with Crippen molar-refractivity contribution in [3.63, 3.8) is 0 Å². The lowest BCUT2D eigenvalue weighted by atomic mass is 9.89. The minimum atomic E-state index is -0.580. The molecule has 3 aromatic rings. The van der Waals surface area contributed by atoms with Gasteiger partial charge in [0.15, 0.2) is 0 Å². The van der Waals surface area contributed by atoms with Crippen LogP contribution in [-0.4, -0.2) is 55.8 Å². The van der Waals surface area contributed by atoms with Gasteiger partial charge in [-0.1, -0.05) is 75.2 Å². The number of benzene rings is 3. The van der Waals surface area contributed by atoms with E-state index in [2.05, 4.69) is 68.3 Å². The normalized spacial score (nSPS) is 17.6. The van der Waals surface area contributed by atoms with Crippen molar-refractivity contribution in [2.75, 3.05) is 19.8 Å². The van der Waals surface area contributed by atoms with Crippen molar-refractivity contribution in [2.24, 2.45) is 11.8 Å². The third-order valence-corrected chi connectivity index (χ3v) is 11.1. The van der Waals surface area contributed by atoms with Crippen LogP contribution in [0.2, 0.25) is 0 Å². The Morgan fingerprint density at radius 2 is 1.41 bits per heavy atom. The number of allylic oxidation sites excluding steroid dienone is 6. The maximum Gasteiger partial charge on any atom is 0.343 e. The maximum atomic E-state index is 12.8. The van der Waals surface area contributed by atoms with Crippen LogP contribution < -0.4 is 9.47 Å². The zero-order valence-electron chi connectivity index (χ0n) is 37.9. The summed E-state index contributed by atoms with van der Waals surface area (Å²) in [6.07, 6.45) is 17.4. The molecule has 1 saturated carbocycles. The fraction of sp³-hybridized carbons (Fsp3) is 0.291. The van der Waals surface area contributed by atoms with Crippen LogP contribution in [0.5, 0.6) is 11.5 Å². The molecule has 6 rings (SSSR count). The number of hydrogen-bond donors (Lipinski definition) is 0. The summed E-state index contributed by atoms with van der Waals surface area (Å²) in [5.74, 6) is -1.04. The van der Waals surface area contributed by atoms with E-state index in [9.17, 15) is 24.0 Å². The zero-order valence-corrected chi connectivity index (χ0v) is 37.9. The van der Waals surface area contributed by atoms with Crippen LogP contribution in [0.4, 0.5) is 0 Å². The minimum absolute atomic E-state index is 0.0770. The average molecular weight is 893 g/mol. The highest BCUT2D eigenvalue weighted by molar-refractivity contribution is 5.91. The van der Waals surface area contributed by atoms with E-state index in [1.807, 2.05) is 19.1 Å². The standard InChI is InChI=1S/C55H56O11/c1-34(2)52(57)62-32-39(33-63-53(58)35(3)4)28-29-61-50-25-21-45(31-48(50)43-17-18-43)42-15-13-41(14-16-42)40-11-8-38(9-12-40)10-27-51(56)66-49-26-24-47(30-37(49)7)65-55(60)44-19-22-46(23-20-44)64-54(59)36(5)6/h8-11,13-16,19-27,30-31,37,39-40,43,49H,1,3,5,12,17-18,28-29,32-33H2,2,4,6-7H3/b27-10+. The number of esters is 5. The SMILES string of the molecule is C=C(C)C(=O)OCC(CCOc1ccc(-c2ccc(C3C=CC(/C=C/C(=O)OC4C=CC(OC(=O)c5ccc(OC(=O)C(=C)C)cc5)=CC4C)=CC3)cc2)cc1C1CC1)COC(=O)C(=C)C. The van der Waals surface area contributed by atoms with Crippen molar-refractivity contribution in [3.8, 4) is 22.6 Å². The number of ether oxygens (including phenoxy) is 6. The molecule has 3 aliphatic carbocycles. The molecule has 3 unspecified atom stereocenters. The summed E-state index contributed by atoms with van der Waals surface area (Å²) in [5.41, 5.74) is 6.61. The molecule has 0 heterocycles. The molecule has 0 N–H and O–H groups in total. The van der Waals surface area contributed by atoms with Crippen molar-refractivity contribution < 1.29 is 52.4 Å². The van der Waals surface area contributed by atoms with Gasteiger partial charge in [0.25, 0.3) is 0 Å². The van der Waals surface area contributed by atoms with Crippen molar-refractivity contribution >= 4 is 29.8 Å². The molecule has 3 aromatic carbocycles. The third-order valence-electron chi connectivity index (χ3n) is 11.1. The van der Waals surface area contributed by atoms with Crippen LogP contribution >= 0.6 is 0 Å². The van der Waals surface area contributed by atoms with Crippen LogP contribution in [0.25, 0.3) is 11.1 Å². The smallest absolute Gasteiger partial charge is 0.343 e. The highest BCUT2D eigenvalue weighted by Gasteiger charge is 2.28. The summed E-state index contributed by atoms with van der Waals surface area (Å²) in [4.78, 5) is 61.3. The van der Waals surface area contributed by atoms with Crippen LogP contribution in [0.15, 0.2) is 163 Å². The summed E-state index contributed by atoms with van der Waals surface area (Å²) in [6.45, 7) is 17.9. The maximum absolute atomic E-state index is 12.8. The Bertz CT molecular complexity index is 2480. The average Bonchev–Trinajstić information content (AvgIpc) is 4.16. The van der Waals surface area contributed by atoms with Gasteiger partial charge in [-0.15, -0.1) is 0 Å². The lowest BCUT2D eigenvalue weighted by Gasteiger charge is -2.22. The molecule has 3 aliphatic rings. The summed E-state index contributed by atoms with van der Waals surface area (Å²) in [5, 5.41) is 0. The van der Waals surface area contributed by atoms with E-state index >= 15 is 0 Å². The highest BCUT2D eigenvalue weighted by Crippen LogP contribution is 2.46. The van der Waals surface area contributed by atoms with Crippen LogP contribution in [-0.2, 0) is 38.1 Å². The van der Waals surface area contributed by atoms with Gasteiger partial charge in [0.2, 0.25) is 0 Å². The number of hydrogen-bond acceptors (Lipinski definition) is 11. The molecule has 3 atom stereocenters. The number of rotatable bonds is 20. The molecule has 342 valence electrons. The molecule has 0 spiro atoms. The monoisotopic (exact) mass is 892 g/mol. The quantitative estimate of drug-likeness (QED) is 0.0463. The van der Waals surface area contributed by atoms with E-state index in [4.69, 9.17) is 28.4 Å². The fourth-order valence-electron chi connectivity index (χ4n) is 7.03. The van der Waals surface area contributed by atoms with Crippen LogP contribution in [0.1, 0.15) is 86.7 Å². The van der Waals surface area contributed by atoms with E-state index < -0.39 is 36.0 Å². The first-order valence-corrected chi connectivity index (χ1v) is 22.0. The third kappa shape index (κ3) is 13.9. The van der Waals surface area contributed by atoms with Crippen molar-refractivity contribution in [3.05, 3.63) is 180 Å². The Hall–Kier alpha value is -7.27. The first kappa shape index (κ1) is 48.2. The van der Waals surface area contributed by atoms with Gasteiger partial charge < -0.3 is 28.4 Å². The van der Waals surface area contributed by atoms with E-state index in [1.54, 1.807) is 45.1 Å². The summed E-state index contributed by atoms with van der Waals surface area (Å²) in [7, 11) is 0. The number of carbonyl (C=O) groups excluding carboxylic acids is 5. The second-order valence-electron chi connectivity index (χ2n) is 16.9. The molecule has 11 heteroatoms. The van der Waals surface area contributed by atoms with Crippen molar-refractivity contribution in [1.82, 2.24) is 0 Å². The van der Waals surface area contributed by atoms with E-state index in [1.165, 1.54) is 41.5 Å². The number of carbonyl (C=O) groups is 5. The van der Waals surface area contributed by atoms with E-state index in [-0.39, 0.29) is 47.9 Å². The van der Waals surface area contributed by atoms with Gasteiger partial charge >= 0.3 is 29.8 Å². The van der Waals surface area contributed by atoms with Crippen molar-refractivity contribution in [2.45, 2.75) is 71.3 Å². The van der Waals surface area contributed by atoms with Gasteiger partial charge in [0.1, 0.15) is 23.4 Å². The lowest BCUT2D eigenvalue weighted by Crippen LogP contribution is -2.24. The van der Waals surface area contributed by atoms with Gasteiger partial charge in [-0.05, 0) is 141 Å². The molecule has 11 nitrogen and oxygen atoms in total. The molecule has 66 heavy (non-hydrogen) atoms. The first-order valence-electron chi connectivity index (χ1n) is 22.0. The molecule has 0 aliphatic heterocycles. The largest absolute Gasteiger partial charge is 0.493 e. The second-order valence-corrected chi connectivity index (χ2v) is 16.9. The van der Waals surface area contributed by atoms with Gasteiger partial charge in [0.05, 0.1) is 25.4 Å². The molecule has 0 aromatic heterocycles. The van der Waals surface area contributed by atoms with E-state index in [0.29, 0.717) is 35.9 Å². The Balaban J connectivity index is 0.962. The minimum Gasteiger partial charge on any atom is -0.493 e. The fourth-order valence-corrected chi connectivity index (χ4v) is 7.03. The summed E-state index contributed by atoms with van der Waals surface area (Å²) < 4.78 is 33.4. The Morgan fingerprint density at radius 1 is 0.758 bits per heavy atom. The second kappa shape index (κ2) is 22.6. The molecule has 0 saturated heterocycles. The lowest BCUT2D eigenvalue weighted by molar-refractivity contribution is -0.145. The van der Waals surface area contributed by atoms with Crippen LogP contribution in [0, 0.1) is 11.8 Å². The Labute approximate surface area is 386 Å². The predicted octanol–water partition coefficient (Wildman–Crippen LogP) is 10.7. The van der Waals surface area contributed by atoms with Gasteiger partial charge in [-0.2, -0.15) is 0 Å². The predicted molar refractivity (Wildman–Crippen MR) is 251 cm³/mol. The highest BCUT2D eigenvalue weighted by atomic mass is 16.6. The van der Waals surface area contributed by atoms with Crippen LogP contribution in [0.3, 0.4) is 0 Å². The van der Waals surface area contributed by atoms with Gasteiger partial charge in [-0.3, -0.25) is 0 Å². The Morgan fingerprint density at radius 3 is 2.00 bits per heavy atom. The topological polar surface area (TPSA) is 141 Å². The molecule has 0 amide bonds. The first-order chi connectivity index (χ1) is 31.6. The summed E-state index contributed by atoms with van der Waals surface area (Å²) in [6, 6.07) is 20.9. The molecule has 0 bridgehead atoms. The van der Waals surface area contributed by atoms with Gasteiger partial charge in [0, 0.05) is 40.5 Å².